The van der Waals surface area contributed by atoms with Gasteiger partial charge in [-0.2, -0.15) is 0 Å². The molecule has 0 aliphatic carbocycles. The van der Waals surface area contributed by atoms with E-state index in [1.165, 1.54) is 0 Å². The second-order valence-electron chi connectivity index (χ2n) is 0. The molecule has 0 spiro atoms. The third-order valence-corrected chi connectivity index (χ3v) is 0. The molecular formula is H8Cl3InO4. The fraction of sp³-hybridized carbons (Fsp3) is 0. The van der Waals surface area contributed by atoms with E-state index in [0.717, 1.165) is 0 Å². The van der Waals surface area contributed by atoms with Gasteiger partial charge in [-0.25, -0.2) is 0 Å². The molecule has 8 N–H and O–H groups in total. The topological polar surface area (TPSA) is 126 Å². The Balaban J connectivity index is 0. The van der Waals surface area contributed by atoms with Crippen molar-refractivity contribution < 1.29 is 59.1 Å². The van der Waals surface area contributed by atoms with E-state index in [2.05, 4.69) is 0 Å². The van der Waals surface area contributed by atoms with Crippen molar-refractivity contribution in [2.24, 2.45) is 0 Å². The Kier molecular flexibility index (Phi) is 6970. The zero-order valence-electron chi connectivity index (χ0n) is 3.71. The molecule has 8 heavy (non-hydrogen) atoms. The van der Waals surface area contributed by atoms with Crippen LogP contribution in [-0.2, 0) is 0 Å². The van der Waals surface area contributed by atoms with Crippen molar-refractivity contribution >= 4 is 25.8 Å². The fourth-order valence-corrected chi connectivity index (χ4v) is 0. The fourth-order valence-electron chi connectivity index (χ4n) is 0. The Hall–Kier alpha value is 1.58. The Morgan fingerprint density at radius 2 is 0.375 bits per heavy atom. The SMILES string of the molecule is O.O.O.O.[Cl-].[Cl-].[Cl-].[In+3]. The van der Waals surface area contributed by atoms with Gasteiger partial charge in [0.15, 0.2) is 0 Å². The summed E-state index contributed by atoms with van der Waals surface area (Å²) in [5.74, 6) is 0. The molecule has 0 aliphatic rings. The van der Waals surface area contributed by atoms with Crippen molar-refractivity contribution in [3.8, 4) is 0 Å². The third-order valence-electron chi connectivity index (χ3n) is 0. The van der Waals surface area contributed by atoms with E-state index in [1.54, 1.807) is 0 Å². The van der Waals surface area contributed by atoms with E-state index in [0.29, 0.717) is 0 Å². The van der Waals surface area contributed by atoms with E-state index >= 15 is 0 Å². The van der Waals surface area contributed by atoms with Gasteiger partial charge in [-0.05, 0) is 0 Å². The normalized spacial score (nSPS) is 0. The molecule has 0 aromatic rings. The molecule has 0 saturated heterocycles. The average Bonchev–Trinajstić information content (AvgIpc) is 0. The average molecular weight is 293 g/mol. The first-order chi connectivity index (χ1) is 0. The largest absolute Gasteiger partial charge is 3.00 e. The van der Waals surface area contributed by atoms with Crippen molar-refractivity contribution in [3.05, 3.63) is 0 Å². The van der Waals surface area contributed by atoms with Crippen LogP contribution in [0.5, 0.6) is 0 Å². The van der Waals surface area contributed by atoms with Crippen LogP contribution in [-0.4, -0.2) is 47.7 Å². The smallest absolute Gasteiger partial charge is 1.00 e. The predicted molar refractivity (Wildman–Crippen MR) is 20.2 cm³/mol. The van der Waals surface area contributed by atoms with Gasteiger partial charge in [0.25, 0.3) is 0 Å². The van der Waals surface area contributed by atoms with E-state index in [9.17, 15) is 0 Å². The van der Waals surface area contributed by atoms with Crippen molar-refractivity contribution in [2.75, 3.05) is 0 Å². The first-order valence-electron chi connectivity index (χ1n) is 0. The van der Waals surface area contributed by atoms with Gasteiger partial charge in [-0.15, -0.1) is 0 Å². The Labute approximate surface area is 84.7 Å². The summed E-state index contributed by atoms with van der Waals surface area (Å²) in [6.45, 7) is 0. The molecule has 0 aromatic carbocycles. The van der Waals surface area contributed by atoms with Crippen LogP contribution in [0.4, 0.5) is 0 Å². The molecule has 0 atom stereocenters. The van der Waals surface area contributed by atoms with Crippen LogP contribution >= 0.6 is 0 Å². The molecule has 4 nitrogen and oxygen atoms in total. The van der Waals surface area contributed by atoms with Crippen LogP contribution in [0.25, 0.3) is 0 Å². The molecule has 0 fully saturated rings. The Morgan fingerprint density at radius 3 is 0.375 bits per heavy atom. The number of hydrogen-bond acceptors (Lipinski definition) is 0. The maximum absolute atomic E-state index is 0. The molecule has 0 bridgehead atoms. The van der Waals surface area contributed by atoms with Crippen LogP contribution in [0.1, 0.15) is 0 Å². The van der Waals surface area contributed by atoms with Crippen molar-refractivity contribution in [1.82, 2.24) is 0 Å². The minimum Gasteiger partial charge on any atom is -1.00 e. The summed E-state index contributed by atoms with van der Waals surface area (Å²) in [5, 5.41) is 0. The zero-order valence-corrected chi connectivity index (χ0v) is 9.27. The standard InChI is InChI=1S/3ClH.In.4H2O/h3*1H;;4*1H2/q;;;+3;;;;/p-3. The van der Waals surface area contributed by atoms with E-state index in [1.807, 2.05) is 0 Å². The van der Waals surface area contributed by atoms with Crippen LogP contribution in [0.2, 0.25) is 0 Å². The summed E-state index contributed by atoms with van der Waals surface area (Å²) in [6, 6.07) is 0. The Bertz CT molecular complexity index is 11.2. The molecule has 0 heterocycles. The third kappa shape index (κ3) is 131. The molecule has 0 radical (unpaired) electrons. The maximum Gasteiger partial charge on any atom is 3.00 e. The van der Waals surface area contributed by atoms with Crippen molar-refractivity contribution in [2.45, 2.75) is 0 Å². The summed E-state index contributed by atoms with van der Waals surface area (Å²) in [7, 11) is 0. The summed E-state index contributed by atoms with van der Waals surface area (Å²) in [5.41, 5.74) is 0. The molecule has 0 unspecified atom stereocenters. The zero-order chi connectivity index (χ0) is 0. The molecule has 0 aromatic heterocycles. The van der Waals surface area contributed by atoms with Gasteiger partial charge in [0.2, 0.25) is 0 Å². The summed E-state index contributed by atoms with van der Waals surface area (Å²) in [6.07, 6.45) is 0. The first kappa shape index (κ1) is 282. The summed E-state index contributed by atoms with van der Waals surface area (Å²) in [4.78, 5) is 0. The summed E-state index contributed by atoms with van der Waals surface area (Å²) >= 11 is 0. The van der Waals surface area contributed by atoms with E-state index < -0.39 is 0 Å². The molecule has 0 rings (SSSR count). The number of rotatable bonds is 0. The first-order valence-corrected chi connectivity index (χ1v) is 0. The predicted octanol–water partition coefficient (Wildman–Crippen LogP) is -12.7. The molecule has 0 aliphatic heterocycles. The van der Waals surface area contributed by atoms with E-state index in [4.69, 9.17) is 0 Å². The van der Waals surface area contributed by atoms with Gasteiger partial charge in [0, 0.05) is 0 Å². The molecule has 0 saturated carbocycles. The second kappa shape index (κ2) is 197. The molecule has 8 heteroatoms. The van der Waals surface area contributed by atoms with Crippen molar-refractivity contribution in [3.63, 3.8) is 0 Å². The van der Waals surface area contributed by atoms with Crippen LogP contribution < -0.4 is 37.2 Å². The van der Waals surface area contributed by atoms with Gasteiger partial charge in [-0.3, -0.25) is 0 Å². The van der Waals surface area contributed by atoms with Gasteiger partial charge in [0.05, 0.1) is 0 Å². The second-order valence-corrected chi connectivity index (χ2v) is 0. The molecule has 0 amide bonds. The van der Waals surface area contributed by atoms with Crippen LogP contribution in [0, 0.1) is 0 Å². The van der Waals surface area contributed by atoms with E-state index in [-0.39, 0.29) is 85.0 Å². The summed E-state index contributed by atoms with van der Waals surface area (Å²) < 4.78 is 0. The maximum atomic E-state index is 0. The number of hydrogen-bond donors (Lipinski definition) is 0. The quantitative estimate of drug-likeness (QED) is 0.420. The molecular weight excluding hydrogens is 285 g/mol. The van der Waals surface area contributed by atoms with Gasteiger partial charge in [-0.1, -0.05) is 0 Å². The van der Waals surface area contributed by atoms with Crippen LogP contribution in [0.3, 0.4) is 0 Å². The van der Waals surface area contributed by atoms with Crippen molar-refractivity contribution in [1.29, 1.82) is 0 Å². The molecule has 56 valence electrons. The van der Waals surface area contributed by atoms with Gasteiger partial charge >= 0.3 is 25.8 Å². The van der Waals surface area contributed by atoms with Gasteiger partial charge in [0.1, 0.15) is 0 Å². The minimum absolute atomic E-state index is 0. The minimum atomic E-state index is 0. The number of halogens is 3. The Morgan fingerprint density at radius 1 is 0.375 bits per heavy atom. The van der Waals surface area contributed by atoms with Crippen LogP contribution in [0.15, 0.2) is 0 Å². The monoisotopic (exact) mass is 292 g/mol. The van der Waals surface area contributed by atoms with Gasteiger partial charge < -0.3 is 59.1 Å².